The van der Waals surface area contributed by atoms with E-state index in [0.29, 0.717) is 6.04 Å². The molecule has 1 saturated heterocycles. The molecule has 0 bridgehead atoms. The van der Waals surface area contributed by atoms with E-state index in [4.69, 9.17) is 4.74 Å². The number of nitrogens with one attached hydrogen (secondary N) is 1. The number of nitrogens with zero attached hydrogens (tertiary/aromatic N) is 1. The zero-order valence-electron chi connectivity index (χ0n) is 11.3. The van der Waals surface area contributed by atoms with E-state index in [1.165, 1.54) is 0 Å². The summed E-state index contributed by atoms with van der Waals surface area (Å²) in [6.07, 6.45) is 4.90. The molecule has 0 aromatic heterocycles. The molecule has 1 N–H and O–H groups in total. The van der Waals surface area contributed by atoms with E-state index < -0.39 is 5.60 Å². The maximum atomic E-state index is 11.8. The second-order valence-electron chi connectivity index (χ2n) is 5.39. The SMILES string of the molecule is C/C=C/CNC1CCN(C(=O)OC(C)(C)C)C1. The van der Waals surface area contributed by atoms with Gasteiger partial charge in [-0.1, -0.05) is 12.2 Å². The normalized spacial score (nSPS) is 21.2. The lowest BCUT2D eigenvalue weighted by Gasteiger charge is -2.24. The predicted octanol–water partition coefficient (Wildman–Crippen LogP) is 2.16. The highest BCUT2D eigenvalue weighted by Gasteiger charge is 2.29. The summed E-state index contributed by atoms with van der Waals surface area (Å²) in [5.41, 5.74) is -0.409. The van der Waals surface area contributed by atoms with E-state index in [0.717, 1.165) is 26.1 Å². The van der Waals surface area contributed by atoms with Crippen LogP contribution in [0.15, 0.2) is 12.2 Å². The first-order chi connectivity index (χ1) is 7.92. The largest absolute Gasteiger partial charge is 0.444 e. The maximum absolute atomic E-state index is 11.8. The Labute approximate surface area is 104 Å². The van der Waals surface area contributed by atoms with E-state index in [-0.39, 0.29) is 6.09 Å². The van der Waals surface area contributed by atoms with E-state index >= 15 is 0 Å². The number of hydrogen-bond donors (Lipinski definition) is 1. The Morgan fingerprint density at radius 2 is 2.24 bits per heavy atom. The Morgan fingerprint density at radius 3 is 2.82 bits per heavy atom. The van der Waals surface area contributed by atoms with Gasteiger partial charge in [-0.2, -0.15) is 0 Å². The minimum absolute atomic E-state index is 0.201. The van der Waals surface area contributed by atoms with Crippen molar-refractivity contribution >= 4 is 6.09 Å². The Bertz CT molecular complexity index is 282. The molecule has 0 radical (unpaired) electrons. The summed E-state index contributed by atoms with van der Waals surface area (Å²) < 4.78 is 5.34. The smallest absolute Gasteiger partial charge is 0.410 e. The van der Waals surface area contributed by atoms with Crippen LogP contribution in [0.2, 0.25) is 0 Å². The Morgan fingerprint density at radius 1 is 1.53 bits per heavy atom. The van der Waals surface area contributed by atoms with Crippen LogP contribution in [0, 0.1) is 0 Å². The van der Waals surface area contributed by atoms with Crippen molar-refractivity contribution in [3.8, 4) is 0 Å². The second-order valence-corrected chi connectivity index (χ2v) is 5.39. The molecule has 1 heterocycles. The lowest BCUT2D eigenvalue weighted by Crippen LogP contribution is -2.38. The number of rotatable bonds is 3. The van der Waals surface area contributed by atoms with Crippen molar-refractivity contribution in [1.82, 2.24) is 10.2 Å². The first kappa shape index (κ1) is 14.0. The molecule has 1 fully saturated rings. The maximum Gasteiger partial charge on any atom is 0.410 e. The second kappa shape index (κ2) is 6.05. The molecule has 1 rings (SSSR count). The number of allylic oxidation sites excluding steroid dienone is 1. The van der Waals surface area contributed by atoms with Crippen molar-refractivity contribution in [1.29, 1.82) is 0 Å². The number of ether oxygens (including phenoxy) is 1. The van der Waals surface area contributed by atoms with Crippen LogP contribution in [-0.2, 0) is 4.74 Å². The van der Waals surface area contributed by atoms with E-state index in [1.807, 2.05) is 33.8 Å². The van der Waals surface area contributed by atoms with Gasteiger partial charge in [-0.05, 0) is 34.1 Å². The standard InChI is InChI=1S/C13H24N2O2/c1-5-6-8-14-11-7-9-15(10-11)12(16)17-13(2,3)4/h5-6,11,14H,7-10H2,1-4H3/b6-5+. The molecule has 1 unspecified atom stereocenters. The van der Waals surface area contributed by atoms with Gasteiger partial charge in [-0.15, -0.1) is 0 Å². The van der Waals surface area contributed by atoms with Gasteiger partial charge in [0.25, 0.3) is 0 Å². The fourth-order valence-electron chi connectivity index (χ4n) is 1.77. The first-order valence-corrected chi connectivity index (χ1v) is 6.25. The van der Waals surface area contributed by atoms with Crippen LogP contribution < -0.4 is 5.32 Å². The predicted molar refractivity (Wildman–Crippen MR) is 69.0 cm³/mol. The summed E-state index contributed by atoms with van der Waals surface area (Å²) in [6, 6.07) is 0.388. The first-order valence-electron chi connectivity index (χ1n) is 6.25. The molecule has 4 heteroatoms. The molecular weight excluding hydrogens is 216 g/mol. The summed E-state index contributed by atoms with van der Waals surface area (Å²) >= 11 is 0. The van der Waals surface area contributed by atoms with Gasteiger partial charge in [-0.25, -0.2) is 4.79 Å². The minimum Gasteiger partial charge on any atom is -0.444 e. The molecule has 1 amide bonds. The molecule has 0 saturated carbocycles. The van der Waals surface area contributed by atoms with Crippen LogP contribution in [0.1, 0.15) is 34.1 Å². The number of carbonyl (C=O) groups excluding carboxylic acids is 1. The summed E-state index contributed by atoms with van der Waals surface area (Å²) in [5, 5.41) is 3.39. The van der Waals surface area contributed by atoms with E-state index in [2.05, 4.69) is 11.4 Å². The number of carbonyl (C=O) groups is 1. The van der Waals surface area contributed by atoms with Gasteiger partial charge in [0.1, 0.15) is 5.60 Å². The van der Waals surface area contributed by atoms with Crippen LogP contribution in [-0.4, -0.2) is 42.3 Å². The highest BCUT2D eigenvalue weighted by Crippen LogP contribution is 2.15. The van der Waals surface area contributed by atoms with Crippen molar-refractivity contribution < 1.29 is 9.53 Å². The highest BCUT2D eigenvalue weighted by atomic mass is 16.6. The van der Waals surface area contributed by atoms with E-state index in [9.17, 15) is 4.79 Å². The van der Waals surface area contributed by atoms with Gasteiger partial charge < -0.3 is 15.0 Å². The lowest BCUT2D eigenvalue weighted by atomic mass is 10.2. The van der Waals surface area contributed by atoms with Gasteiger partial charge in [0.05, 0.1) is 0 Å². The van der Waals surface area contributed by atoms with Gasteiger partial charge in [-0.3, -0.25) is 0 Å². The van der Waals surface area contributed by atoms with Gasteiger partial charge >= 0.3 is 6.09 Å². The van der Waals surface area contributed by atoms with Crippen LogP contribution in [0.4, 0.5) is 4.79 Å². The summed E-state index contributed by atoms with van der Waals surface area (Å²) in [4.78, 5) is 13.6. The third-order valence-corrected chi connectivity index (χ3v) is 2.60. The van der Waals surface area contributed by atoms with Crippen LogP contribution in [0.25, 0.3) is 0 Å². The molecule has 1 aliphatic rings. The quantitative estimate of drug-likeness (QED) is 0.769. The third-order valence-electron chi connectivity index (χ3n) is 2.60. The van der Waals surface area contributed by atoms with E-state index in [1.54, 1.807) is 4.90 Å². The average molecular weight is 240 g/mol. The fourth-order valence-corrected chi connectivity index (χ4v) is 1.77. The molecule has 0 aromatic carbocycles. The molecule has 0 aromatic rings. The Balaban J connectivity index is 2.32. The Kier molecular flexibility index (Phi) is 5.00. The number of amides is 1. The zero-order valence-corrected chi connectivity index (χ0v) is 11.3. The summed E-state index contributed by atoms with van der Waals surface area (Å²) in [7, 11) is 0. The molecule has 4 nitrogen and oxygen atoms in total. The Hall–Kier alpha value is -1.03. The van der Waals surface area contributed by atoms with Crippen molar-refractivity contribution in [2.75, 3.05) is 19.6 Å². The number of hydrogen-bond acceptors (Lipinski definition) is 3. The van der Waals surface area contributed by atoms with Crippen molar-refractivity contribution in [2.24, 2.45) is 0 Å². The molecule has 1 aliphatic heterocycles. The van der Waals surface area contributed by atoms with Gasteiger partial charge in [0.2, 0.25) is 0 Å². The lowest BCUT2D eigenvalue weighted by molar-refractivity contribution is 0.0291. The summed E-state index contributed by atoms with van der Waals surface area (Å²) in [6.45, 7) is 10.1. The zero-order chi connectivity index (χ0) is 12.9. The molecule has 0 spiro atoms. The fraction of sp³-hybridized carbons (Fsp3) is 0.769. The minimum atomic E-state index is -0.409. The van der Waals surface area contributed by atoms with Crippen molar-refractivity contribution in [3.63, 3.8) is 0 Å². The average Bonchev–Trinajstić information content (AvgIpc) is 2.64. The summed E-state index contributed by atoms with van der Waals surface area (Å²) in [5.74, 6) is 0. The highest BCUT2D eigenvalue weighted by molar-refractivity contribution is 5.68. The van der Waals surface area contributed by atoms with Crippen LogP contribution in [0.5, 0.6) is 0 Å². The third kappa shape index (κ3) is 5.22. The van der Waals surface area contributed by atoms with Crippen molar-refractivity contribution in [2.45, 2.75) is 45.8 Å². The molecule has 1 atom stereocenters. The molecular formula is C13H24N2O2. The van der Waals surface area contributed by atoms with Gasteiger partial charge in [0.15, 0.2) is 0 Å². The van der Waals surface area contributed by atoms with Crippen LogP contribution in [0.3, 0.4) is 0 Å². The van der Waals surface area contributed by atoms with Crippen molar-refractivity contribution in [3.05, 3.63) is 12.2 Å². The number of likely N-dealkylation sites (tertiary alicyclic amines) is 1. The topological polar surface area (TPSA) is 41.6 Å². The van der Waals surface area contributed by atoms with Gasteiger partial charge in [0, 0.05) is 25.7 Å². The monoisotopic (exact) mass is 240 g/mol. The molecule has 17 heavy (non-hydrogen) atoms. The molecule has 98 valence electrons. The van der Waals surface area contributed by atoms with Crippen LogP contribution >= 0.6 is 0 Å². The molecule has 0 aliphatic carbocycles.